The first-order chi connectivity index (χ1) is 22.2. The number of rotatable bonds is 26. The van der Waals surface area contributed by atoms with E-state index in [1.807, 2.05) is 60.7 Å². The van der Waals surface area contributed by atoms with E-state index >= 15 is 0 Å². The molecule has 2 unspecified atom stereocenters. The van der Waals surface area contributed by atoms with Crippen molar-refractivity contribution in [1.82, 2.24) is 0 Å². The summed E-state index contributed by atoms with van der Waals surface area (Å²) >= 11 is 0. The second-order valence-electron chi connectivity index (χ2n) is 13.8. The number of hydrogen-bond donors (Lipinski definition) is 0. The summed E-state index contributed by atoms with van der Waals surface area (Å²) in [7, 11) is 0. The molecule has 0 aliphatic rings. The molecule has 2 rings (SSSR count). The molecule has 0 fully saturated rings. The zero-order valence-electron chi connectivity index (χ0n) is 30.7. The third-order valence-corrected chi connectivity index (χ3v) is 9.78. The number of hydrogen-bond acceptors (Lipinski definition) is 4. The minimum Gasteiger partial charge on any atom is -0.549 e. The minimum atomic E-state index is -0.959. The van der Waals surface area contributed by atoms with Crippen LogP contribution in [0.3, 0.4) is 0 Å². The van der Waals surface area contributed by atoms with Crippen LogP contribution in [0.15, 0.2) is 60.7 Å². The first-order valence-corrected chi connectivity index (χ1v) is 18.8. The maximum atomic E-state index is 11.6. The number of benzene rings is 2. The van der Waals surface area contributed by atoms with Gasteiger partial charge in [0.25, 0.3) is 0 Å². The number of aliphatic carboxylic acids is 2. The van der Waals surface area contributed by atoms with Gasteiger partial charge in [0.1, 0.15) is 0 Å². The summed E-state index contributed by atoms with van der Waals surface area (Å²) in [6, 6.07) is 19.0. The van der Waals surface area contributed by atoms with Crippen molar-refractivity contribution >= 4 is 49.7 Å². The predicted molar refractivity (Wildman–Crippen MR) is 196 cm³/mol. The summed E-state index contributed by atoms with van der Waals surface area (Å²) in [5.74, 6) is -1.92. The van der Waals surface area contributed by atoms with Gasteiger partial charge in [-0.05, 0) is 24.0 Å². The van der Waals surface area contributed by atoms with Crippen LogP contribution >= 0.6 is 0 Å². The standard InChI is InChI=1S/2C21H34O2.Ca/c2*1-3-4-5-6-7-8-9-10-11-15-18-21(2,20(22)23)19-16-13-12-14-17-19;/h2*12-14,16-17H,3-11,15,18H2,1-2H3,(H,22,23);/q;;+2/p-2. The van der Waals surface area contributed by atoms with Gasteiger partial charge >= 0.3 is 37.7 Å². The van der Waals surface area contributed by atoms with Crippen molar-refractivity contribution in [1.29, 1.82) is 0 Å². The quantitative estimate of drug-likeness (QED) is 0.0735. The molecule has 0 saturated heterocycles. The molecule has 0 aromatic heterocycles. The molecule has 260 valence electrons. The maximum Gasteiger partial charge on any atom is 2.00 e. The van der Waals surface area contributed by atoms with E-state index in [-0.39, 0.29) is 37.7 Å². The second kappa shape index (κ2) is 28.5. The van der Waals surface area contributed by atoms with Crippen LogP contribution in [0.2, 0.25) is 0 Å². The van der Waals surface area contributed by atoms with Crippen LogP contribution in [0.4, 0.5) is 0 Å². The molecule has 0 heterocycles. The Bertz CT molecular complexity index is 944. The Hall–Kier alpha value is -1.36. The van der Waals surface area contributed by atoms with Crippen molar-refractivity contribution in [2.75, 3.05) is 0 Å². The summed E-state index contributed by atoms with van der Waals surface area (Å²) in [6.45, 7) is 8.09. The summed E-state index contributed by atoms with van der Waals surface area (Å²) in [5.41, 5.74) is -0.00475. The second-order valence-corrected chi connectivity index (χ2v) is 13.8. The van der Waals surface area contributed by atoms with Gasteiger partial charge in [-0.2, -0.15) is 0 Å². The van der Waals surface area contributed by atoms with Gasteiger partial charge in [0, 0.05) is 10.8 Å². The van der Waals surface area contributed by atoms with E-state index < -0.39 is 22.8 Å². The van der Waals surface area contributed by atoms with Crippen LogP contribution in [0.5, 0.6) is 0 Å². The van der Waals surface area contributed by atoms with Crippen molar-refractivity contribution in [3.8, 4) is 0 Å². The van der Waals surface area contributed by atoms with Crippen LogP contribution in [0.25, 0.3) is 0 Å². The smallest absolute Gasteiger partial charge is 0.549 e. The molecule has 0 aliphatic carbocycles. The Morgan fingerprint density at radius 2 is 0.681 bits per heavy atom. The van der Waals surface area contributed by atoms with E-state index in [0.29, 0.717) is 12.8 Å². The number of carbonyl (C=O) groups excluding carboxylic acids is 2. The average molecular weight is 675 g/mol. The van der Waals surface area contributed by atoms with E-state index in [2.05, 4.69) is 13.8 Å². The van der Waals surface area contributed by atoms with Crippen molar-refractivity contribution < 1.29 is 19.8 Å². The van der Waals surface area contributed by atoms with Gasteiger partial charge in [0.05, 0.1) is 11.9 Å². The Morgan fingerprint density at radius 3 is 0.915 bits per heavy atom. The molecular weight excluding hydrogens is 609 g/mol. The molecule has 0 radical (unpaired) electrons. The first-order valence-electron chi connectivity index (χ1n) is 18.8. The molecule has 2 aromatic rings. The average Bonchev–Trinajstić information content (AvgIpc) is 3.07. The van der Waals surface area contributed by atoms with Crippen molar-refractivity contribution in [3.05, 3.63) is 71.8 Å². The Morgan fingerprint density at radius 1 is 0.447 bits per heavy atom. The van der Waals surface area contributed by atoms with Crippen molar-refractivity contribution in [2.24, 2.45) is 0 Å². The summed E-state index contributed by atoms with van der Waals surface area (Å²) in [6.07, 6.45) is 26.6. The number of carboxylic acid groups (broad SMARTS) is 2. The topological polar surface area (TPSA) is 80.3 Å². The molecule has 2 atom stereocenters. The van der Waals surface area contributed by atoms with E-state index in [1.165, 1.54) is 103 Å². The van der Waals surface area contributed by atoms with E-state index in [1.54, 1.807) is 13.8 Å². The monoisotopic (exact) mass is 674 g/mol. The van der Waals surface area contributed by atoms with Gasteiger partial charge in [-0.15, -0.1) is 0 Å². The molecule has 47 heavy (non-hydrogen) atoms. The third kappa shape index (κ3) is 19.4. The van der Waals surface area contributed by atoms with E-state index in [0.717, 1.165) is 36.8 Å². The van der Waals surface area contributed by atoms with Gasteiger partial charge in [0.15, 0.2) is 0 Å². The molecule has 0 N–H and O–H groups in total. The van der Waals surface area contributed by atoms with Crippen molar-refractivity contribution in [3.63, 3.8) is 0 Å². The number of carbonyl (C=O) groups is 2. The molecule has 0 aliphatic heterocycles. The Balaban J connectivity index is 0.000000882. The minimum absolute atomic E-state index is 0. The summed E-state index contributed by atoms with van der Waals surface area (Å²) in [5, 5.41) is 23.2. The Labute approximate surface area is 318 Å². The van der Waals surface area contributed by atoms with Gasteiger partial charge in [0.2, 0.25) is 0 Å². The predicted octanol–water partition coefficient (Wildman–Crippen LogP) is 9.63. The number of carboxylic acids is 2. The largest absolute Gasteiger partial charge is 2.00 e. The fourth-order valence-corrected chi connectivity index (χ4v) is 6.27. The van der Waals surface area contributed by atoms with Crippen LogP contribution in [-0.2, 0) is 20.4 Å². The molecule has 5 heteroatoms. The normalized spacial score (nSPS) is 13.4. The molecule has 2 aromatic carbocycles. The first kappa shape index (κ1) is 45.6. The van der Waals surface area contributed by atoms with Crippen LogP contribution in [-0.4, -0.2) is 49.7 Å². The molecule has 0 bridgehead atoms. The number of unbranched alkanes of at least 4 members (excludes halogenated alkanes) is 18. The fraction of sp³-hybridized carbons (Fsp3) is 0.667. The SMILES string of the molecule is CCCCCCCCCCCCC(C)(C(=O)[O-])c1ccccc1.CCCCCCCCCCCCC(C)(C(=O)[O-])c1ccccc1.[Ca+2]. The van der Waals surface area contributed by atoms with Crippen LogP contribution in [0.1, 0.15) is 180 Å². The molecule has 0 spiro atoms. The van der Waals surface area contributed by atoms with Crippen molar-refractivity contribution in [2.45, 2.75) is 180 Å². The van der Waals surface area contributed by atoms with Gasteiger partial charge in [-0.3, -0.25) is 0 Å². The van der Waals surface area contributed by atoms with Crippen LogP contribution in [0, 0.1) is 0 Å². The molecule has 0 amide bonds. The zero-order chi connectivity index (χ0) is 33.9. The summed E-state index contributed by atoms with van der Waals surface area (Å²) < 4.78 is 0. The van der Waals surface area contributed by atoms with Gasteiger partial charge in [-0.1, -0.05) is 217 Å². The van der Waals surface area contributed by atoms with E-state index in [9.17, 15) is 19.8 Å². The third-order valence-electron chi connectivity index (χ3n) is 9.78. The molecule has 0 saturated carbocycles. The van der Waals surface area contributed by atoms with E-state index in [4.69, 9.17) is 0 Å². The molecule has 4 nitrogen and oxygen atoms in total. The molecular formula is C42H66CaO4. The maximum absolute atomic E-state index is 11.6. The zero-order valence-corrected chi connectivity index (χ0v) is 32.9. The van der Waals surface area contributed by atoms with Crippen LogP contribution < -0.4 is 10.2 Å². The fourth-order valence-electron chi connectivity index (χ4n) is 6.27. The Kier molecular flexibility index (Phi) is 27.7. The van der Waals surface area contributed by atoms with Gasteiger partial charge in [-0.25, -0.2) is 0 Å². The van der Waals surface area contributed by atoms with Gasteiger partial charge < -0.3 is 19.8 Å². The summed E-state index contributed by atoms with van der Waals surface area (Å²) in [4.78, 5) is 23.2.